The summed E-state index contributed by atoms with van der Waals surface area (Å²) < 4.78 is 4.95. The molecule has 1 fully saturated rings. The first kappa shape index (κ1) is 12.1. The number of hydrogen-bond donors (Lipinski definition) is 0. The predicted octanol–water partition coefficient (Wildman–Crippen LogP) is 3.00. The van der Waals surface area contributed by atoms with E-state index >= 15 is 0 Å². The minimum absolute atomic E-state index is 0.0930. The lowest BCUT2D eigenvalue weighted by Crippen LogP contribution is -2.39. The van der Waals surface area contributed by atoms with Gasteiger partial charge < -0.3 is 4.74 Å². The molecule has 3 heteroatoms. The monoisotopic (exact) mass is 226 g/mol. The van der Waals surface area contributed by atoms with Gasteiger partial charge in [-0.25, -0.2) is 9.78 Å². The second kappa shape index (κ2) is 5.80. The fourth-order valence-corrected chi connectivity index (χ4v) is 2.76. The molecule has 1 saturated carbocycles. The highest BCUT2D eigenvalue weighted by Gasteiger charge is 2.39. The van der Waals surface area contributed by atoms with Crippen molar-refractivity contribution in [2.45, 2.75) is 50.5 Å². The maximum atomic E-state index is 5.73. The molecule has 0 N–H and O–H groups in total. The van der Waals surface area contributed by atoms with Gasteiger partial charge in [0.05, 0.1) is 6.61 Å². The lowest BCUT2D eigenvalue weighted by atomic mass is 9.74. The highest BCUT2D eigenvalue weighted by atomic mass is 17.2. The molecule has 2 aliphatic rings. The van der Waals surface area contributed by atoms with E-state index in [2.05, 4.69) is 6.08 Å². The van der Waals surface area contributed by atoms with E-state index in [1.807, 2.05) is 0 Å². The maximum absolute atomic E-state index is 5.73. The van der Waals surface area contributed by atoms with E-state index in [1.54, 1.807) is 7.11 Å². The Bertz CT molecular complexity index is 250. The van der Waals surface area contributed by atoms with Crippen LogP contribution in [0.2, 0.25) is 0 Å². The molecule has 0 aliphatic heterocycles. The Labute approximate surface area is 97.7 Å². The van der Waals surface area contributed by atoms with Crippen LogP contribution >= 0.6 is 0 Å². The van der Waals surface area contributed by atoms with Gasteiger partial charge in [-0.3, -0.25) is 0 Å². The van der Waals surface area contributed by atoms with Crippen LogP contribution in [-0.4, -0.2) is 25.9 Å². The standard InChI is InChI=1S/C13H22O3/c1-14-10-11-15-16-13-8-4-2-6-12(13)7-3-5-9-13/h6H,2-5,7-11H2,1H3. The van der Waals surface area contributed by atoms with Gasteiger partial charge in [0.15, 0.2) is 0 Å². The molecule has 2 rings (SSSR count). The highest BCUT2D eigenvalue weighted by Crippen LogP contribution is 2.43. The quantitative estimate of drug-likeness (QED) is 0.312. The normalized spacial score (nSPS) is 29.7. The minimum Gasteiger partial charge on any atom is -0.382 e. The highest BCUT2D eigenvalue weighted by molar-refractivity contribution is 5.21. The third-order valence-electron chi connectivity index (χ3n) is 3.63. The molecular weight excluding hydrogens is 204 g/mol. The summed E-state index contributed by atoms with van der Waals surface area (Å²) in [5.74, 6) is 0. The van der Waals surface area contributed by atoms with Gasteiger partial charge in [-0.1, -0.05) is 6.08 Å². The average Bonchev–Trinajstić information content (AvgIpc) is 2.35. The van der Waals surface area contributed by atoms with Crippen LogP contribution in [0.1, 0.15) is 44.9 Å². The van der Waals surface area contributed by atoms with Gasteiger partial charge in [-0.2, -0.15) is 0 Å². The number of ether oxygens (including phenoxy) is 1. The van der Waals surface area contributed by atoms with Crippen molar-refractivity contribution in [3.05, 3.63) is 11.6 Å². The largest absolute Gasteiger partial charge is 0.382 e. The van der Waals surface area contributed by atoms with Gasteiger partial charge in [0, 0.05) is 7.11 Å². The molecule has 0 amide bonds. The Hall–Kier alpha value is -0.380. The van der Waals surface area contributed by atoms with Crippen LogP contribution in [0, 0.1) is 0 Å². The van der Waals surface area contributed by atoms with E-state index in [9.17, 15) is 0 Å². The van der Waals surface area contributed by atoms with Crippen LogP contribution in [0.25, 0.3) is 0 Å². The van der Waals surface area contributed by atoms with Gasteiger partial charge in [-0.15, -0.1) is 0 Å². The number of rotatable bonds is 5. The smallest absolute Gasteiger partial charge is 0.124 e. The van der Waals surface area contributed by atoms with Crippen molar-refractivity contribution in [3.8, 4) is 0 Å². The summed E-state index contributed by atoms with van der Waals surface area (Å²) in [6.45, 7) is 1.11. The molecule has 0 spiro atoms. The van der Waals surface area contributed by atoms with Crippen molar-refractivity contribution in [3.63, 3.8) is 0 Å². The SMILES string of the molecule is COCCOOC12CCCC=C1CCCC2. The van der Waals surface area contributed by atoms with Crippen molar-refractivity contribution < 1.29 is 14.5 Å². The third-order valence-corrected chi connectivity index (χ3v) is 3.63. The van der Waals surface area contributed by atoms with Crippen LogP contribution in [0.5, 0.6) is 0 Å². The topological polar surface area (TPSA) is 27.7 Å². The molecule has 0 heterocycles. The fourth-order valence-electron chi connectivity index (χ4n) is 2.76. The van der Waals surface area contributed by atoms with E-state index in [1.165, 1.54) is 37.7 Å². The summed E-state index contributed by atoms with van der Waals surface area (Å²) in [4.78, 5) is 11.0. The van der Waals surface area contributed by atoms with Gasteiger partial charge >= 0.3 is 0 Å². The van der Waals surface area contributed by atoms with Crippen LogP contribution in [0.15, 0.2) is 11.6 Å². The lowest BCUT2D eigenvalue weighted by molar-refractivity contribution is -0.360. The molecule has 3 nitrogen and oxygen atoms in total. The van der Waals surface area contributed by atoms with Crippen molar-refractivity contribution in [1.82, 2.24) is 0 Å². The fraction of sp³-hybridized carbons (Fsp3) is 0.846. The first-order valence-corrected chi connectivity index (χ1v) is 6.36. The minimum atomic E-state index is -0.0930. The molecule has 92 valence electrons. The van der Waals surface area contributed by atoms with Crippen LogP contribution in [0.4, 0.5) is 0 Å². The third kappa shape index (κ3) is 2.65. The number of hydrogen-bond acceptors (Lipinski definition) is 3. The zero-order chi connectivity index (χ0) is 11.3. The summed E-state index contributed by atoms with van der Waals surface area (Å²) >= 11 is 0. The van der Waals surface area contributed by atoms with Crippen LogP contribution < -0.4 is 0 Å². The van der Waals surface area contributed by atoms with E-state index in [4.69, 9.17) is 14.5 Å². The number of allylic oxidation sites excluding steroid dienone is 1. The Morgan fingerprint density at radius 1 is 1.19 bits per heavy atom. The molecule has 0 aromatic carbocycles. The molecule has 0 aromatic heterocycles. The Morgan fingerprint density at radius 2 is 2.06 bits per heavy atom. The first-order chi connectivity index (χ1) is 7.87. The van der Waals surface area contributed by atoms with Crippen molar-refractivity contribution in [2.75, 3.05) is 20.3 Å². The number of methoxy groups -OCH3 is 1. The van der Waals surface area contributed by atoms with Crippen molar-refractivity contribution >= 4 is 0 Å². The van der Waals surface area contributed by atoms with Crippen LogP contribution in [-0.2, 0) is 14.5 Å². The van der Waals surface area contributed by atoms with Crippen molar-refractivity contribution in [2.24, 2.45) is 0 Å². The Balaban J connectivity index is 1.91. The summed E-state index contributed by atoms with van der Waals surface area (Å²) in [7, 11) is 1.67. The van der Waals surface area contributed by atoms with Crippen LogP contribution in [0.3, 0.4) is 0 Å². The molecule has 1 unspecified atom stereocenters. The molecular formula is C13H22O3. The summed E-state index contributed by atoms with van der Waals surface area (Å²) in [5.41, 5.74) is 1.38. The predicted molar refractivity (Wildman–Crippen MR) is 62.0 cm³/mol. The molecule has 0 aromatic rings. The average molecular weight is 226 g/mol. The summed E-state index contributed by atoms with van der Waals surface area (Å²) in [5, 5.41) is 0. The van der Waals surface area contributed by atoms with E-state index in [0.717, 1.165) is 12.8 Å². The van der Waals surface area contributed by atoms with Gasteiger partial charge in [0.25, 0.3) is 0 Å². The molecule has 16 heavy (non-hydrogen) atoms. The summed E-state index contributed by atoms with van der Waals surface area (Å²) in [6, 6.07) is 0. The first-order valence-electron chi connectivity index (χ1n) is 6.36. The molecule has 0 bridgehead atoms. The van der Waals surface area contributed by atoms with E-state index in [-0.39, 0.29) is 5.60 Å². The molecule has 0 radical (unpaired) electrons. The lowest BCUT2D eigenvalue weighted by Gasteiger charge is -2.40. The molecule has 0 saturated heterocycles. The van der Waals surface area contributed by atoms with Crippen molar-refractivity contribution in [1.29, 1.82) is 0 Å². The molecule has 1 atom stereocenters. The Morgan fingerprint density at radius 3 is 2.94 bits per heavy atom. The second-order valence-electron chi connectivity index (χ2n) is 4.72. The van der Waals surface area contributed by atoms with Gasteiger partial charge in [0.1, 0.15) is 12.2 Å². The number of fused-ring (bicyclic) bond motifs is 1. The zero-order valence-corrected chi connectivity index (χ0v) is 10.2. The zero-order valence-electron chi connectivity index (χ0n) is 10.2. The van der Waals surface area contributed by atoms with E-state index in [0.29, 0.717) is 13.2 Å². The maximum Gasteiger partial charge on any atom is 0.124 e. The Kier molecular flexibility index (Phi) is 4.38. The molecule has 2 aliphatic carbocycles. The second-order valence-corrected chi connectivity index (χ2v) is 4.72. The van der Waals surface area contributed by atoms with E-state index < -0.39 is 0 Å². The summed E-state index contributed by atoms with van der Waals surface area (Å²) in [6.07, 6.45) is 10.8. The van der Waals surface area contributed by atoms with Gasteiger partial charge in [0.2, 0.25) is 0 Å². The van der Waals surface area contributed by atoms with Gasteiger partial charge in [-0.05, 0) is 50.5 Å².